The van der Waals surface area contributed by atoms with Crippen molar-refractivity contribution < 1.29 is 9.50 Å². The van der Waals surface area contributed by atoms with Gasteiger partial charge >= 0.3 is 0 Å². The van der Waals surface area contributed by atoms with E-state index in [0.717, 1.165) is 22.1 Å². The van der Waals surface area contributed by atoms with Gasteiger partial charge < -0.3 is 10.1 Å². The Labute approximate surface area is 129 Å². The Balaban J connectivity index is 2.06. The molecule has 0 aliphatic rings. The Morgan fingerprint density at radius 3 is 2.82 bits per heavy atom. The summed E-state index contributed by atoms with van der Waals surface area (Å²) in [6.07, 6.45) is 3.49. The minimum absolute atomic E-state index is 0.344. The summed E-state index contributed by atoms with van der Waals surface area (Å²) in [4.78, 5) is 7.42. The fraction of sp³-hybridized carbons (Fsp3) is 0. The number of thiophene rings is 1. The van der Waals surface area contributed by atoms with Crippen LogP contribution in [0.4, 0.5) is 4.39 Å². The molecule has 0 atom stereocenters. The smallest absolute Gasteiger partial charge is 0.165 e. The summed E-state index contributed by atoms with van der Waals surface area (Å²) in [6, 6.07) is 8.49. The van der Waals surface area contributed by atoms with Crippen LogP contribution < -0.4 is 0 Å². The molecule has 0 aliphatic carbocycles. The lowest BCUT2D eigenvalue weighted by Gasteiger charge is -2.07. The van der Waals surface area contributed by atoms with Gasteiger partial charge in [-0.15, -0.1) is 0 Å². The monoisotopic (exact) mass is 310 g/mol. The zero-order valence-electron chi connectivity index (χ0n) is 11.4. The Morgan fingerprint density at radius 1 is 1.09 bits per heavy atom. The number of fused-ring (bicyclic) bond motifs is 1. The van der Waals surface area contributed by atoms with Gasteiger partial charge in [-0.05, 0) is 40.1 Å². The van der Waals surface area contributed by atoms with Gasteiger partial charge in [-0.2, -0.15) is 11.3 Å². The van der Waals surface area contributed by atoms with E-state index in [4.69, 9.17) is 0 Å². The summed E-state index contributed by atoms with van der Waals surface area (Å²) >= 11 is 1.61. The molecule has 22 heavy (non-hydrogen) atoms. The third-order valence-corrected chi connectivity index (χ3v) is 4.37. The Morgan fingerprint density at radius 2 is 2.00 bits per heavy atom. The molecule has 0 amide bonds. The molecule has 0 saturated carbocycles. The quantitative estimate of drug-likeness (QED) is 0.558. The highest BCUT2D eigenvalue weighted by Crippen LogP contribution is 2.40. The zero-order chi connectivity index (χ0) is 15.1. The number of rotatable bonds is 2. The van der Waals surface area contributed by atoms with Gasteiger partial charge in [0.1, 0.15) is 5.65 Å². The van der Waals surface area contributed by atoms with Gasteiger partial charge in [0.25, 0.3) is 0 Å². The van der Waals surface area contributed by atoms with Crippen LogP contribution in [0.2, 0.25) is 0 Å². The summed E-state index contributed by atoms with van der Waals surface area (Å²) in [5, 5.41) is 15.0. The van der Waals surface area contributed by atoms with E-state index in [9.17, 15) is 9.50 Å². The van der Waals surface area contributed by atoms with Gasteiger partial charge in [-0.1, -0.05) is 12.1 Å². The van der Waals surface area contributed by atoms with Crippen LogP contribution in [0.25, 0.3) is 33.3 Å². The zero-order valence-corrected chi connectivity index (χ0v) is 12.2. The third kappa shape index (κ3) is 1.90. The Hall–Kier alpha value is -2.66. The number of nitrogens with zero attached hydrogens (tertiary/aromatic N) is 1. The van der Waals surface area contributed by atoms with Crippen molar-refractivity contribution in [2.45, 2.75) is 0 Å². The lowest BCUT2D eigenvalue weighted by molar-refractivity contribution is 0.434. The van der Waals surface area contributed by atoms with Crippen LogP contribution in [0.3, 0.4) is 0 Å². The van der Waals surface area contributed by atoms with Crippen LogP contribution in [0.5, 0.6) is 5.75 Å². The van der Waals surface area contributed by atoms with Crippen LogP contribution in [-0.4, -0.2) is 15.1 Å². The average molecular weight is 310 g/mol. The first-order chi connectivity index (χ1) is 10.8. The maximum atomic E-state index is 13.7. The highest BCUT2D eigenvalue weighted by molar-refractivity contribution is 7.08. The molecule has 1 aromatic carbocycles. The van der Waals surface area contributed by atoms with Crippen LogP contribution in [0.15, 0.2) is 53.5 Å². The van der Waals surface area contributed by atoms with Gasteiger partial charge in [-0.3, -0.25) is 0 Å². The Kier molecular flexibility index (Phi) is 2.94. The molecule has 0 radical (unpaired) electrons. The predicted molar refractivity (Wildman–Crippen MR) is 86.5 cm³/mol. The standard InChI is InChI=1S/C17H11FN2OS/c18-14-3-1-2-12(16(14)21)13-8-20-17-15(13)11(4-6-19-17)10-5-7-22-9-10/h1-9,21H,(H,19,20). The first kappa shape index (κ1) is 13.0. The van der Waals surface area contributed by atoms with E-state index in [2.05, 4.69) is 15.3 Å². The van der Waals surface area contributed by atoms with E-state index >= 15 is 0 Å². The maximum Gasteiger partial charge on any atom is 0.165 e. The predicted octanol–water partition coefficient (Wildman–Crippen LogP) is 4.80. The highest BCUT2D eigenvalue weighted by Gasteiger charge is 2.16. The SMILES string of the molecule is Oc1c(F)cccc1-c1c[nH]c2nccc(-c3ccsc3)c12. The van der Waals surface area contributed by atoms with Crippen LogP contribution in [0.1, 0.15) is 0 Å². The number of hydrogen-bond donors (Lipinski definition) is 2. The fourth-order valence-electron chi connectivity index (χ4n) is 2.66. The number of phenols is 1. The molecule has 108 valence electrons. The summed E-state index contributed by atoms with van der Waals surface area (Å²) in [5.74, 6) is -0.976. The van der Waals surface area contributed by atoms with E-state index in [1.807, 2.05) is 17.5 Å². The molecular formula is C17H11FN2OS. The molecule has 3 heterocycles. The number of pyridine rings is 1. The molecule has 5 heteroatoms. The molecule has 0 spiro atoms. The summed E-state index contributed by atoms with van der Waals surface area (Å²) in [5.41, 5.74) is 3.99. The number of H-pyrrole nitrogens is 1. The number of para-hydroxylation sites is 1. The molecule has 0 saturated heterocycles. The normalized spacial score (nSPS) is 11.1. The molecule has 0 fully saturated rings. The van der Waals surface area contributed by atoms with Crippen molar-refractivity contribution in [3.8, 4) is 28.0 Å². The molecule has 3 nitrogen and oxygen atoms in total. The van der Waals surface area contributed by atoms with E-state index in [-0.39, 0.29) is 5.75 Å². The molecule has 4 rings (SSSR count). The Bertz CT molecular complexity index is 960. The van der Waals surface area contributed by atoms with Crippen molar-refractivity contribution in [3.63, 3.8) is 0 Å². The number of benzene rings is 1. The molecule has 0 bridgehead atoms. The van der Waals surface area contributed by atoms with Gasteiger partial charge in [0.2, 0.25) is 0 Å². The highest BCUT2D eigenvalue weighted by atomic mass is 32.1. The van der Waals surface area contributed by atoms with Crippen molar-refractivity contribution in [1.29, 1.82) is 0 Å². The number of aromatic amines is 1. The fourth-order valence-corrected chi connectivity index (χ4v) is 3.32. The minimum atomic E-state index is -0.632. The molecule has 3 aromatic heterocycles. The van der Waals surface area contributed by atoms with Crippen LogP contribution in [0, 0.1) is 5.82 Å². The molecular weight excluding hydrogens is 299 g/mol. The van der Waals surface area contributed by atoms with Crippen molar-refractivity contribution in [3.05, 3.63) is 59.3 Å². The van der Waals surface area contributed by atoms with Crippen molar-refractivity contribution in [2.75, 3.05) is 0 Å². The lowest BCUT2D eigenvalue weighted by atomic mass is 9.99. The first-order valence-electron chi connectivity index (χ1n) is 6.72. The van der Waals surface area contributed by atoms with Crippen molar-refractivity contribution >= 4 is 22.4 Å². The number of aromatic nitrogens is 2. The van der Waals surface area contributed by atoms with Gasteiger partial charge in [0.05, 0.1) is 0 Å². The van der Waals surface area contributed by atoms with E-state index in [1.165, 1.54) is 6.07 Å². The van der Waals surface area contributed by atoms with Crippen LogP contribution >= 0.6 is 11.3 Å². The second-order valence-corrected chi connectivity index (χ2v) is 5.71. The first-order valence-corrected chi connectivity index (χ1v) is 7.66. The number of nitrogens with one attached hydrogen (secondary N) is 1. The second-order valence-electron chi connectivity index (χ2n) is 4.93. The minimum Gasteiger partial charge on any atom is -0.504 e. The lowest BCUT2D eigenvalue weighted by Crippen LogP contribution is -1.85. The average Bonchev–Trinajstić information content (AvgIpc) is 3.19. The van der Waals surface area contributed by atoms with Gasteiger partial charge in [0.15, 0.2) is 11.6 Å². The number of aromatic hydroxyl groups is 1. The summed E-state index contributed by atoms with van der Waals surface area (Å²) in [7, 11) is 0. The molecule has 4 aromatic rings. The van der Waals surface area contributed by atoms with Gasteiger partial charge in [-0.25, -0.2) is 9.37 Å². The molecule has 0 unspecified atom stereocenters. The summed E-state index contributed by atoms with van der Waals surface area (Å²) in [6.45, 7) is 0. The topological polar surface area (TPSA) is 48.9 Å². The van der Waals surface area contributed by atoms with E-state index < -0.39 is 5.82 Å². The molecule has 2 N–H and O–H groups in total. The number of halogens is 1. The number of phenolic OH excluding ortho intramolecular Hbond substituents is 1. The van der Waals surface area contributed by atoms with Gasteiger partial charge in [0, 0.05) is 28.9 Å². The van der Waals surface area contributed by atoms with E-state index in [0.29, 0.717) is 11.2 Å². The van der Waals surface area contributed by atoms with Crippen molar-refractivity contribution in [1.82, 2.24) is 9.97 Å². The maximum absolute atomic E-state index is 13.7. The number of hydrogen-bond acceptors (Lipinski definition) is 3. The second kappa shape index (κ2) is 4.96. The van der Waals surface area contributed by atoms with E-state index in [1.54, 1.807) is 35.9 Å². The largest absolute Gasteiger partial charge is 0.504 e. The molecule has 0 aliphatic heterocycles. The van der Waals surface area contributed by atoms with Crippen molar-refractivity contribution in [2.24, 2.45) is 0 Å². The van der Waals surface area contributed by atoms with Crippen LogP contribution in [-0.2, 0) is 0 Å². The third-order valence-electron chi connectivity index (χ3n) is 3.68. The summed E-state index contributed by atoms with van der Waals surface area (Å²) < 4.78 is 13.7.